The molecular weight excluding hydrogens is 144 g/mol. The molecule has 1 aliphatic carbocycles. The molecule has 0 spiro atoms. The van der Waals surface area contributed by atoms with E-state index in [1.807, 2.05) is 0 Å². The van der Waals surface area contributed by atoms with Gasteiger partial charge in [0.15, 0.2) is 0 Å². The van der Waals surface area contributed by atoms with Crippen molar-refractivity contribution >= 4 is 0 Å². The van der Waals surface area contributed by atoms with Crippen molar-refractivity contribution in [2.75, 3.05) is 0 Å². The summed E-state index contributed by atoms with van der Waals surface area (Å²) in [5.74, 6) is 3.63. The van der Waals surface area contributed by atoms with Gasteiger partial charge in [0.1, 0.15) is 0 Å². The van der Waals surface area contributed by atoms with Gasteiger partial charge in [-0.2, -0.15) is 0 Å². The summed E-state index contributed by atoms with van der Waals surface area (Å²) in [4.78, 5) is 0. The molecule has 0 aromatic carbocycles. The van der Waals surface area contributed by atoms with Crippen molar-refractivity contribution in [2.45, 2.75) is 48.0 Å². The lowest BCUT2D eigenvalue weighted by Crippen LogP contribution is -2.17. The Morgan fingerprint density at radius 1 is 1.17 bits per heavy atom. The van der Waals surface area contributed by atoms with Crippen LogP contribution in [0.15, 0.2) is 0 Å². The Hall–Kier alpha value is 0. The molecule has 0 nitrogen and oxygen atoms in total. The molecule has 0 saturated heterocycles. The minimum atomic E-state index is 0.578. The fourth-order valence-electron chi connectivity index (χ4n) is 2.90. The second-order valence-corrected chi connectivity index (χ2v) is 5.75. The van der Waals surface area contributed by atoms with Gasteiger partial charge in [-0.3, -0.25) is 0 Å². The van der Waals surface area contributed by atoms with Crippen LogP contribution in [0.25, 0.3) is 0 Å². The fraction of sp³-hybridized carbons (Fsp3) is 1.00. The first-order valence-corrected chi connectivity index (χ1v) is 5.36. The summed E-state index contributed by atoms with van der Waals surface area (Å²) in [6.07, 6.45) is 1.42. The van der Waals surface area contributed by atoms with E-state index < -0.39 is 0 Å². The van der Waals surface area contributed by atoms with Gasteiger partial charge in [-0.1, -0.05) is 41.5 Å². The third-order valence-corrected chi connectivity index (χ3v) is 4.31. The highest BCUT2D eigenvalue weighted by molar-refractivity contribution is 4.92. The van der Waals surface area contributed by atoms with E-state index in [4.69, 9.17) is 0 Å². The zero-order valence-electron chi connectivity index (χ0n) is 9.52. The normalized spacial score (nSPS) is 40.8. The first-order valence-electron chi connectivity index (χ1n) is 5.36. The average molecular weight is 168 g/mol. The maximum Gasteiger partial charge on any atom is -0.0323 e. The lowest BCUT2D eigenvalue weighted by molar-refractivity contribution is 0.243. The standard InChI is InChI=1S/C12H24/c1-8(2)11-7-12(5,6)10(4)9(11)3/h8-11H,7H2,1-6H3. The first kappa shape index (κ1) is 10.1. The van der Waals surface area contributed by atoms with E-state index in [0.717, 1.165) is 23.7 Å². The predicted octanol–water partition coefficient (Wildman–Crippen LogP) is 3.96. The maximum atomic E-state index is 2.43. The molecule has 3 atom stereocenters. The van der Waals surface area contributed by atoms with Gasteiger partial charge in [0.2, 0.25) is 0 Å². The minimum Gasteiger partial charge on any atom is -0.0625 e. The first-order chi connectivity index (χ1) is 5.36. The van der Waals surface area contributed by atoms with Crippen molar-refractivity contribution in [1.29, 1.82) is 0 Å². The Morgan fingerprint density at radius 3 is 1.83 bits per heavy atom. The fourth-order valence-corrected chi connectivity index (χ4v) is 2.90. The van der Waals surface area contributed by atoms with Crippen LogP contribution in [-0.2, 0) is 0 Å². The van der Waals surface area contributed by atoms with Crippen molar-refractivity contribution < 1.29 is 0 Å². The molecule has 1 fully saturated rings. The van der Waals surface area contributed by atoms with E-state index in [0.29, 0.717) is 5.41 Å². The number of rotatable bonds is 1. The van der Waals surface area contributed by atoms with Crippen LogP contribution in [0.1, 0.15) is 48.0 Å². The largest absolute Gasteiger partial charge is 0.0625 e. The Morgan fingerprint density at radius 2 is 1.67 bits per heavy atom. The van der Waals surface area contributed by atoms with Crippen molar-refractivity contribution in [3.05, 3.63) is 0 Å². The molecule has 3 unspecified atom stereocenters. The van der Waals surface area contributed by atoms with E-state index in [1.165, 1.54) is 6.42 Å². The molecule has 12 heavy (non-hydrogen) atoms. The van der Waals surface area contributed by atoms with Crippen LogP contribution in [0, 0.1) is 29.1 Å². The zero-order valence-corrected chi connectivity index (χ0v) is 9.52. The Bertz CT molecular complexity index is 155. The SMILES string of the molecule is CC(C)C1CC(C)(C)C(C)C1C. The highest BCUT2D eigenvalue weighted by Crippen LogP contribution is 2.51. The third-order valence-electron chi connectivity index (χ3n) is 4.31. The molecule has 0 aliphatic heterocycles. The van der Waals surface area contributed by atoms with E-state index in [-0.39, 0.29) is 0 Å². The molecule has 0 radical (unpaired) electrons. The third kappa shape index (κ3) is 1.53. The van der Waals surface area contributed by atoms with Crippen molar-refractivity contribution in [1.82, 2.24) is 0 Å². The summed E-state index contributed by atoms with van der Waals surface area (Å²) in [5, 5.41) is 0. The maximum absolute atomic E-state index is 2.43. The molecule has 1 rings (SSSR count). The molecule has 0 N–H and O–H groups in total. The smallest absolute Gasteiger partial charge is 0.0323 e. The Kier molecular flexibility index (Phi) is 2.56. The van der Waals surface area contributed by atoms with Crippen molar-refractivity contribution in [2.24, 2.45) is 29.1 Å². The highest BCUT2D eigenvalue weighted by atomic mass is 14.5. The summed E-state index contributed by atoms with van der Waals surface area (Å²) in [5.41, 5.74) is 0.578. The van der Waals surface area contributed by atoms with Crippen LogP contribution >= 0.6 is 0 Å². The van der Waals surface area contributed by atoms with Gasteiger partial charge < -0.3 is 0 Å². The van der Waals surface area contributed by atoms with Gasteiger partial charge in [0.05, 0.1) is 0 Å². The molecule has 0 heterocycles. The van der Waals surface area contributed by atoms with Crippen molar-refractivity contribution in [3.63, 3.8) is 0 Å². The second-order valence-electron chi connectivity index (χ2n) is 5.75. The van der Waals surface area contributed by atoms with E-state index in [2.05, 4.69) is 41.5 Å². The van der Waals surface area contributed by atoms with Gasteiger partial charge in [-0.15, -0.1) is 0 Å². The quantitative estimate of drug-likeness (QED) is 0.556. The van der Waals surface area contributed by atoms with Crippen LogP contribution in [0.3, 0.4) is 0 Å². The van der Waals surface area contributed by atoms with Crippen molar-refractivity contribution in [3.8, 4) is 0 Å². The molecule has 0 aromatic heterocycles. The summed E-state index contributed by atoms with van der Waals surface area (Å²) in [6.45, 7) is 14.5. The number of hydrogen-bond donors (Lipinski definition) is 0. The average Bonchev–Trinajstić information content (AvgIpc) is 2.14. The monoisotopic (exact) mass is 168 g/mol. The van der Waals surface area contributed by atoms with Gasteiger partial charge in [-0.05, 0) is 35.5 Å². The molecule has 0 bridgehead atoms. The summed E-state index contributed by atoms with van der Waals surface area (Å²) >= 11 is 0. The Balaban J connectivity index is 2.74. The lowest BCUT2D eigenvalue weighted by atomic mass is 9.80. The molecule has 1 aliphatic rings. The predicted molar refractivity (Wildman–Crippen MR) is 55.1 cm³/mol. The van der Waals surface area contributed by atoms with Gasteiger partial charge in [0, 0.05) is 0 Å². The van der Waals surface area contributed by atoms with E-state index >= 15 is 0 Å². The topological polar surface area (TPSA) is 0 Å². The molecule has 0 amide bonds. The minimum absolute atomic E-state index is 0.578. The van der Waals surface area contributed by atoms with Gasteiger partial charge in [0.25, 0.3) is 0 Å². The second kappa shape index (κ2) is 3.05. The molecule has 0 aromatic rings. The molecule has 72 valence electrons. The summed E-state index contributed by atoms with van der Waals surface area (Å²) < 4.78 is 0. The molecule has 1 saturated carbocycles. The molecular formula is C12H24. The van der Waals surface area contributed by atoms with E-state index in [9.17, 15) is 0 Å². The highest BCUT2D eigenvalue weighted by Gasteiger charge is 2.43. The van der Waals surface area contributed by atoms with E-state index in [1.54, 1.807) is 0 Å². The summed E-state index contributed by atoms with van der Waals surface area (Å²) in [7, 11) is 0. The lowest BCUT2D eigenvalue weighted by Gasteiger charge is -2.25. The zero-order chi connectivity index (χ0) is 9.52. The summed E-state index contributed by atoms with van der Waals surface area (Å²) in [6, 6.07) is 0. The molecule has 0 heteroatoms. The van der Waals surface area contributed by atoms with Crippen LogP contribution < -0.4 is 0 Å². The van der Waals surface area contributed by atoms with Gasteiger partial charge >= 0.3 is 0 Å². The Labute approximate surface area is 77.7 Å². The van der Waals surface area contributed by atoms with Gasteiger partial charge in [-0.25, -0.2) is 0 Å². The van der Waals surface area contributed by atoms with Crippen LogP contribution in [0.4, 0.5) is 0 Å². The van der Waals surface area contributed by atoms with Crippen LogP contribution in [-0.4, -0.2) is 0 Å². The number of hydrogen-bond acceptors (Lipinski definition) is 0. The van der Waals surface area contributed by atoms with Crippen LogP contribution in [0.2, 0.25) is 0 Å². The van der Waals surface area contributed by atoms with Crippen LogP contribution in [0.5, 0.6) is 0 Å².